The summed E-state index contributed by atoms with van der Waals surface area (Å²) in [6.07, 6.45) is 28.4. The number of benzene rings is 6. The van der Waals surface area contributed by atoms with Gasteiger partial charge >= 0.3 is 30.5 Å². The van der Waals surface area contributed by atoms with E-state index in [1.807, 2.05) is 86.0 Å². The number of nitrogens with zero attached hydrogens (tertiary/aromatic N) is 6. The van der Waals surface area contributed by atoms with Gasteiger partial charge in [0.25, 0.3) is 0 Å². The molecule has 4 aliphatic rings. The van der Waals surface area contributed by atoms with Gasteiger partial charge in [-0.25, -0.2) is 16.8 Å². The second-order valence-corrected chi connectivity index (χ2v) is 24.1. The third-order valence-corrected chi connectivity index (χ3v) is 16.7. The number of rotatable bonds is 4. The number of alkyl halides is 6. The maximum absolute atomic E-state index is 10.7. The van der Waals surface area contributed by atoms with Crippen LogP contribution in [0.15, 0.2) is 278 Å². The Kier molecular flexibility index (Phi) is 21.0. The first-order valence-corrected chi connectivity index (χ1v) is 31.7. The summed E-state index contributed by atoms with van der Waals surface area (Å²) in [7, 11) is -12.2. The van der Waals surface area contributed by atoms with E-state index in [0.717, 1.165) is 45.0 Å². The first-order chi connectivity index (χ1) is 45.2. The van der Waals surface area contributed by atoms with E-state index < -0.39 is 31.3 Å². The molecule has 2 aliphatic carbocycles. The Bertz CT molecular complexity index is 4690. The van der Waals surface area contributed by atoms with Crippen LogP contribution in [0.25, 0.3) is 78.0 Å². The van der Waals surface area contributed by atoms with Gasteiger partial charge in [0.2, 0.25) is 0 Å². The van der Waals surface area contributed by atoms with Crippen LogP contribution in [0.5, 0.6) is 0 Å². The molecular weight excluding hydrogens is 1350 g/mol. The SMILES string of the molecule is C1=CC(c2ccccc2)C2C=Cc3c(-c4ccccc4)ccnc3C2=N1.C1=CC(c2ccccc2)C2C=Cc3c(-c4ccccc4)ccnc3C2=N1.O=S(=O)([O-])C(F)(F)F.O=S(=O)([O-])C(F)(F)F.[Ru+2].c1ccc2c(c1)[nH]c1cnccc12.c1ccc2c(c1)[nH]c1cnccc12. The summed E-state index contributed by atoms with van der Waals surface area (Å²) in [6.45, 7) is 0. The smallest absolute Gasteiger partial charge is 0.741 e. The second kappa shape index (κ2) is 29.4. The Morgan fingerprint density at radius 2 is 0.705 bits per heavy atom. The molecule has 23 heteroatoms. The van der Waals surface area contributed by atoms with E-state index in [0.29, 0.717) is 11.8 Å². The van der Waals surface area contributed by atoms with E-state index >= 15 is 0 Å². The van der Waals surface area contributed by atoms with Gasteiger partial charge in [-0.15, -0.1) is 0 Å². The molecule has 6 aromatic carbocycles. The van der Waals surface area contributed by atoms with Gasteiger partial charge in [0, 0.05) is 105 Å². The van der Waals surface area contributed by atoms with E-state index in [1.54, 1.807) is 0 Å². The van der Waals surface area contributed by atoms with Crippen LogP contribution in [0.2, 0.25) is 0 Å². The number of halogens is 6. The Labute approximate surface area is 554 Å². The van der Waals surface area contributed by atoms with E-state index in [1.165, 1.54) is 66.0 Å². The van der Waals surface area contributed by atoms with Crippen molar-refractivity contribution >= 4 is 87.4 Å². The third kappa shape index (κ3) is 15.6. The summed E-state index contributed by atoms with van der Waals surface area (Å²) in [4.78, 5) is 33.6. The third-order valence-electron chi connectivity index (χ3n) is 15.5. The molecule has 0 fully saturated rings. The summed E-state index contributed by atoms with van der Waals surface area (Å²) >= 11 is 0. The van der Waals surface area contributed by atoms with Crippen molar-refractivity contribution in [2.75, 3.05) is 0 Å². The molecule has 0 bridgehead atoms. The minimum absolute atomic E-state index is 0. The molecule has 0 radical (unpaired) electrons. The van der Waals surface area contributed by atoms with Gasteiger partial charge in [0.1, 0.15) is 0 Å². The van der Waals surface area contributed by atoms with Crippen molar-refractivity contribution in [3.05, 3.63) is 302 Å². The average molecular weight is 1400 g/mol. The Morgan fingerprint density at radius 3 is 1.06 bits per heavy atom. The molecule has 0 spiro atoms. The second-order valence-electron chi connectivity index (χ2n) is 21.3. The maximum atomic E-state index is 10.7. The molecule has 2 N–H and O–H groups in total. The molecule has 12 aromatic rings. The van der Waals surface area contributed by atoms with E-state index in [4.69, 9.17) is 45.9 Å². The average Bonchev–Trinajstić information content (AvgIpc) is 1.68. The molecule has 8 heterocycles. The number of aromatic amines is 2. The Hall–Kier alpha value is -10.2. The zero-order valence-electron chi connectivity index (χ0n) is 49.4. The molecule has 95 heavy (non-hydrogen) atoms. The fraction of sp³-hybridized carbons (Fsp3) is 0.0833. The summed E-state index contributed by atoms with van der Waals surface area (Å²) < 4.78 is 118. The molecule has 0 saturated carbocycles. The molecule has 0 saturated heterocycles. The van der Waals surface area contributed by atoms with Crippen LogP contribution in [0.4, 0.5) is 26.3 Å². The topological polar surface area (TPSA) is 222 Å². The quantitative estimate of drug-likeness (QED) is 0.0734. The van der Waals surface area contributed by atoms with Crippen LogP contribution in [-0.2, 0) is 39.7 Å². The first kappa shape index (κ1) is 67.7. The number of aromatic nitrogens is 6. The van der Waals surface area contributed by atoms with Crippen LogP contribution in [0.1, 0.15) is 45.5 Å². The van der Waals surface area contributed by atoms with E-state index in [2.05, 4.69) is 214 Å². The number of allylic oxidation sites excluding steroid dienone is 4. The van der Waals surface area contributed by atoms with Gasteiger partial charge in [-0.3, -0.25) is 29.9 Å². The summed E-state index contributed by atoms with van der Waals surface area (Å²) in [6, 6.07) is 67.0. The molecule has 14 nitrogen and oxygen atoms in total. The van der Waals surface area contributed by atoms with Crippen molar-refractivity contribution in [2.24, 2.45) is 21.8 Å². The summed E-state index contributed by atoms with van der Waals surface area (Å²) in [5.41, 5.74) is 7.18. The standard InChI is InChI=1S/2C24H18N2.2C11H8N2.2CHF3O3S.Ru/c2*1-3-7-17(8-4-1)19-13-15-25-23-21(19)11-12-22-20(14-16-26-24(22)23)18-9-5-2-6-10-18;2*1-2-4-10-8(3-1)9-5-6-12-7-11(9)13-10;2*2-1(3,4)8(5,6)7;/h2*1-16,19,21H;2*1-7,13H;2*(H,5,6,7);/q;;;;;;+2/p-2. The van der Waals surface area contributed by atoms with Gasteiger partial charge in [-0.05, 0) is 69.8 Å². The summed E-state index contributed by atoms with van der Waals surface area (Å²) in [5.74, 6) is 1.06. The van der Waals surface area contributed by atoms with Crippen molar-refractivity contribution in [1.82, 2.24) is 29.9 Å². The van der Waals surface area contributed by atoms with Gasteiger partial charge in [-0.1, -0.05) is 194 Å². The zero-order valence-corrected chi connectivity index (χ0v) is 52.8. The predicted molar refractivity (Wildman–Crippen MR) is 353 cm³/mol. The molecule has 4 unspecified atom stereocenters. The summed E-state index contributed by atoms with van der Waals surface area (Å²) in [5, 5.41) is 5.01. The van der Waals surface area contributed by atoms with Crippen molar-refractivity contribution in [3.63, 3.8) is 0 Å². The number of hydrogen-bond acceptors (Lipinski definition) is 12. The molecule has 478 valence electrons. The maximum Gasteiger partial charge on any atom is 2.00 e. The van der Waals surface area contributed by atoms with E-state index in [9.17, 15) is 26.3 Å². The normalized spacial score (nSPS) is 16.5. The number of nitrogens with one attached hydrogen (secondary N) is 2. The van der Waals surface area contributed by atoms with Gasteiger partial charge in [-0.2, -0.15) is 26.3 Å². The number of aliphatic imine (C=N–C) groups is 2. The number of fused-ring (bicyclic) bond motifs is 12. The fourth-order valence-electron chi connectivity index (χ4n) is 11.3. The van der Waals surface area contributed by atoms with Gasteiger partial charge in [0.05, 0.1) is 46.2 Å². The molecule has 0 amide bonds. The predicted octanol–water partition coefficient (Wildman–Crippen LogP) is 16.5. The molecule has 16 rings (SSSR count). The van der Waals surface area contributed by atoms with Crippen LogP contribution in [0, 0.1) is 11.8 Å². The van der Waals surface area contributed by atoms with Crippen molar-refractivity contribution in [3.8, 4) is 22.3 Å². The van der Waals surface area contributed by atoms with Crippen molar-refractivity contribution in [2.45, 2.75) is 22.9 Å². The van der Waals surface area contributed by atoms with Crippen LogP contribution in [0.3, 0.4) is 0 Å². The number of para-hydroxylation sites is 2. The minimum Gasteiger partial charge on any atom is -0.741 e. The zero-order chi connectivity index (χ0) is 66.0. The van der Waals surface area contributed by atoms with E-state index in [-0.39, 0.29) is 31.3 Å². The molecule has 4 atom stereocenters. The van der Waals surface area contributed by atoms with Crippen LogP contribution in [-0.4, -0.2) is 78.3 Å². The fourth-order valence-corrected chi connectivity index (χ4v) is 11.3. The van der Waals surface area contributed by atoms with Gasteiger partial charge < -0.3 is 19.1 Å². The van der Waals surface area contributed by atoms with Crippen LogP contribution < -0.4 is 0 Å². The largest absolute Gasteiger partial charge is 2.00 e. The molecular formula is C72H52F6N8O6RuS2. The monoisotopic (exact) mass is 1400 g/mol. The van der Waals surface area contributed by atoms with Crippen molar-refractivity contribution < 1.29 is 71.8 Å². The Morgan fingerprint density at radius 1 is 0.379 bits per heavy atom. The minimum atomic E-state index is -6.09. The van der Waals surface area contributed by atoms with Gasteiger partial charge in [0.15, 0.2) is 20.2 Å². The first-order valence-electron chi connectivity index (χ1n) is 28.9. The Balaban J connectivity index is 0.000000132. The van der Waals surface area contributed by atoms with Crippen molar-refractivity contribution in [1.29, 1.82) is 0 Å². The number of H-pyrrole nitrogens is 2. The molecule has 6 aromatic heterocycles. The number of hydrogen-bond donors (Lipinski definition) is 2. The number of pyridine rings is 4. The molecule has 2 aliphatic heterocycles. The van der Waals surface area contributed by atoms with Crippen LogP contribution >= 0.6 is 0 Å².